The molecule has 0 radical (unpaired) electrons. The van der Waals surface area contributed by atoms with Gasteiger partial charge in [0, 0.05) is 18.2 Å². The summed E-state index contributed by atoms with van der Waals surface area (Å²) in [7, 11) is 0. The second-order valence-corrected chi connectivity index (χ2v) is 5.58. The van der Waals surface area contributed by atoms with E-state index in [-0.39, 0.29) is 36.0 Å². The van der Waals surface area contributed by atoms with Gasteiger partial charge in [0.25, 0.3) is 5.69 Å². The Hall–Kier alpha value is -1.66. The molecule has 1 aromatic carbocycles. The molecule has 0 spiro atoms. The minimum atomic E-state index is -0.390. The summed E-state index contributed by atoms with van der Waals surface area (Å²) >= 11 is 0. The molecule has 0 aliphatic carbocycles. The van der Waals surface area contributed by atoms with E-state index in [4.69, 9.17) is 0 Å². The van der Waals surface area contributed by atoms with Crippen LogP contribution in [0.2, 0.25) is 0 Å². The molecule has 1 amide bonds. The third-order valence-electron chi connectivity index (χ3n) is 3.96. The average Bonchev–Trinajstić information content (AvgIpc) is 2.48. The minimum Gasteiger partial charge on any atom is -0.349 e. The third kappa shape index (κ3) is 4.42. The Labute approximate surface area is 136 Å². The van der Waals surface area contributed by atoms with Crippen LogP contribution in [-0.4, -0.2) is 23.9 Å². The summed E-state index contributed by atoms with van der Waals surface area (Å²) in [5.74, 6) is -0.000405. The molecule has 1 saturated heterocycles. The zero-order valence-corrected chi connectivity index (χ0v) is 13.6. The molecule has 7 heteroatoms. The van der Waals surface area contributed by atoms with Gasteiger partial charge in [0.1, 0.15) is 0 Å². The van der Waals surface area contributed by atoms with Crippen molar-refractivity contribution in [2.45, 2.75) is 32.7 Å². The summed E-state index contributed by atoms with van der Waals surface area (Å²) in [5, 5.41) is 17.1. The Morgan fingerprint density at radius 1 is 1.50 bits per heavy atom. The Kier molecular flexibility index (Phi) is 6.77. The van der Waals surface area contributed by atoms with Crippen LogP contribution < -0.4 is 10.6 Å². The standard InChI is InChI=1S/C15H21N3O3.ClH/c1-10-5-6-12(8-14(10)18(20)21)11(2)17-15(19)13-4-3-7-16-9-13;/h5-6,8,11,13,16H,3-4,7,9H2,1-2H3,(H,17,19);1H. The van der Waals surface area contributed by atoms with Gasteiger partial charge in [0.2, 0.25) is 5.91 Å². The predicted octanol–water partition coefficient (Wildman–Crippen LogP) is 2.50. The lowest BCUT2D eigenvalue weighted by molar-refractivity contribution is -0.385. The van der Waals surface area contributed by atoms with E-state index in [0.29, 0.717) is 12.1 Å². The highest BCUT2D eigenvalue weighted by Gasteiger charge is 2.23. The summed E-state index contributed by atoms with van der Waals surface area (Å²) in [6, 6.07) is 4.85. The van der Waals surface area contributed by atoms with Gasteiger partial charge in [-0.1, -0.05) is 12.1 Å². The molecule has 22 heavy (non-hydrogen) atoms. The smallest absolute Gasteiger partial charge is 0.272 e. The van der Waals surface area contributed by atoms with Gasteiger partial charge in [0.15, 0.2) is 0 Å². The van der Waals surface area contributed by atoms with Crippen LogP contribution in [0.5, 0.6) is 0 Å². The molecule has 2 N–H and O–H groups in total. The molecule has 1 aromatic rings. The van der Waals surface area contributed by atoms with E-state index in [1.165, 1.54) is 0 Å². The number of nitrogens with one attached hydrogen (secondary N) is 2. The number of nitro benzene ring substituents is 1. The zero-order chi connectivity index (χ0) is 15.4. The fourth-order valence-electron chi connectivity index (χ4n) is 2.58. The van der Waals surface area contributed by atoms with Gasteiger partial charge in [-0.25, -0.2) is 0 Å². The molecule has 1 fully saturated rings. The van der Waals surface area contributed by atoms with Crippen LogP contribution >= 0.6 is 12.4 Å². The summed E-state index contributed by atoms with van der Waals surface area (Å²) < 4.78 is 0. The van der Waals surface area contributed by atoms with Crippen LogP contribution in [-0.2, 0) is 4.79 Å². The Balaban J connectivity index is 0.00000242. The summed E-state index contributed by atoms with van der Waals surface area (Å²) in [4.78, 5) is 22.8. The first-order valence-electron chi connectivity index (χ1n) is 7.25. The number of carbonyl (C=O) groups is 1. The van der Waals surface area contributed by atoms with Crippen molar-refractivity contribution in [3.05, 3.63) is 39.4 Å². The topological polar surface area (TPSA) is 84.3 Å². The van der Waals surface area contributed by atoms with E-state index in [1.54, 1.807) is 19.1 Å². The second kappa shape index (κ2) is 8.10. The van der Waals surface area contributed by atoms with Crippen LogP contribution in [0.15, 0.2) is 18.2 Å². The molecule has 122 valence electrons. The first-order chi connectivity index (χ1) is 9.99. The third-order valence-corrected chi connectivity index (χ3v) is 3.96. The van der Waals surface area contributed by atoms with Gasteiger partial charge >= 0.3 is 0 Å². The van der Waals surface area contributed by atoms with Crippen LogP contribution in [0.4, 0.5) is 5.69 Å². The Morgan fingerprint density at radius 2 is 2.23 bits per heavy atom. The zero-order valence-electron chi connectivity index (χ0n) is 12.8. The van der Waals surface area contributed by atoms with Crippen molar-refractivity contribution in [3.8, 4) is 0 Å². The van der Waals surface area contributed by atoms with Crippen LogP contribution in [0, 0.1) is 23.0 Å². The van der Waals surface area contributed by atoms with Gasteiger partial charge in [-0.05, 0) is 38.8 Å². The number of carbonyl (C=O) groups excluding carboxylic acids is 1. The predicted molar refractivity (Wildman–Crippen MR) is 87.2 cm³/mol. The monoisotopic (exact) mass is 327 g/mol. The molecule has 2 rings (SSSR count). The number of halogens is 1. The highest BCUT2D eigenvalue weighted by molar-refractivity contribution is 5.85. The van der Waals surface area contributed by atoms with Crippen molar-refractivity contribution >= 4 is 24.0 Å². The van der Waals surface area contributed by atoms with Gasteiger partial charge in [-0.3, -0.25) is 14.9 Å². The number of aryl methyl sites for hydroxylation is 1. The quantitative estimate of drug-likeness (QED) is 0.657. The van der Waals surface area contributed by atoms with Crippen LogP contribution in [0.1, 0.15) is 36.9 Å². The molecule has 2 unspecified atom stereocenters. The first-order valence-corrected chi connectivity index (χ1v) is 7.25. The number of rotatable bonds is 4. The largest absolute Gasteiger partial charge is 0.349 e. The number of amides is 1. The highest BCUT2D eigenvalue weighted by Crippen LogP contribution is 2.23. The fraction of sp³-hybridized carbons (Fsp3) is 0.533. The minimum absolute atomic E-state index is 0. The summed E-state index contributed by atoms with van der Waals surface area (Å²) in [5.41, 5.74) is 1.47. The van der Waals surface area contributed by atoms with Crippen LogP contribution in [0.25, 0.3) is 0 Å². The average molecular weight is 328 g/mol. The van der Waals surface area contributed by atoms with Crippen molar-refractivity contribution < 1.29 is 9.72 Å². The van der Waals surface area contributed by atoms with Crippen LogP contribution in [0.3, 0.4) is 0 Å². The SMILES string of the molecule is Cc1ccc(C(C)NC(=O)C2CCCNC2)cc1[N+](=O)[O-].Cl. The van der Waals surface area contributed by atoms with E-state index in [9.17, 15) is 14.9 Å². The lowest BCUT2D eigenvalue weighted by Crippen LogP contribution is -2.41. The summed E-state index contributed by atoms with van der Waals surface area (Å²) in [6.07, 6.45) is 1.89. The lowest BCUT2D eigenvalue weighted by Gasteiger charge is -2.24. The Bertz CT molecular complexity index is 545. The first kappa shape index (κ1) is 18.4. The number of benzene rings is 1. The molecule has 6 nitrogen and oxygen atoms in total. The maximum absolute atomic E-state index is 12.2. The maximum atomic E-state index is 12.2. The summed E-state index contributed by atoms with van der Waals surface area (Å²) in [6.45, 7) is 5.22. The Morgan fingerprint density at radius 3 is 2.82 bits per heavy atom. The van der Waals surface area contributed by atoms with Gasteiger partial charge in [0.05, 0.1) is 16.9 Å². The van der Waals surface area contributed by atoms with Crippen molar-refractivity contribution in [2.75, 3.05) is 13.1 Å². The molecular formula is C15H22ClN3O3. The van der Waals surface area contributed by atoms with Gasteiger partial charge in [-0.15, -0.1) is 12.4 Å². The number of hydrogen-bond donors (Lipinski definition) is 2. The van der Waals surface area contributed by atoms with E-state index < -0.39 is 4.92 Å². The van der Waals surface area contributed by atoms with Crippen molar-refractivity contribution in [2.24, 2.45) is 5.92 Å². The van der Waals surface area contributed by atoms with E-state index in [1.807, 2.05) is 13.0 Å². The maximum Gasteiger partial charge on any atom is 0.272 e. The van der Waals surface area contributed by atoms with Crippen molar-refractivity contribution in [1.82, 2.24) is 10.6 Å². The highest BCUT2D eigenvalue weighted by atomic mass is 35.5. The van der Waals surface area contributed by atoms with Gasteiger partial charge in [-0.2, -0.15) is 0 Å². The number of nitro groups is 1. The molecular weight excluding hydrogens is 306 g/mol. The fourth-order valence-corrected chi connectivity index (χ4v) is 2.58. The number of hydrogen-bond acceptors (Lipinski definition) is 4. The lowest BCUT2D eigenvalue weighted by atomic mass is 9.97. The number of nitrogens with zero attached hydrogens (tertiary/aromatic N) is 1. The van der Waals surface area contributed by atoms with E-state index in [0.717, 1.165) is 24.9 Å². The number of piperidine rings is 1. The van der Waals surface area contributed by atoms with Gasteiger partial charge < -0.3 is 10.6 Å². The molecule has 0 bridgehead atoms. The molecule has 0 saturated carbocycles. The normalized spacial score (nSPS) is 18.9. The molecule has 1 aliphatic rings. The van der Waals surface area contributed by atoms with Crippen molar-refractivity contribution in [1.29, 1.82) is 0 Å². The van der Waals surface area contributed by atoms with E-state index in [2.05, 4.69) is 10.6 Å². The van der Waals surface area contributed by atoms with Crippen molar-refractivity contribution in [3.63, 3.8) is 0 Å². The molecule has 0 aromatic heterocycles. The molecule has 2 atom stereocenters. The molecule has 1 aliphatic heterocycles. The second-order valence-electron chi connectivity index (χ2n) is 5.58. The molecule has 1 heterocycles. The van der Waals surface area contributed by atoms with E-state index >= 15 is 0 Å².